The second kappa shape index (κ2) is 3.80. The van der Waals surface area contributed by atoms with Crippen LogP contribution in [0, 0.1) is 0 Å². The number of aliphatic hydroxyl groups excluding tert-OH is 4. The topological polar surface area (TPSA) is 145 Å². The van der Waals surface area contributed by atoms with Gasteiger partial charge in [0, 0.05) is 6.42 Å². The lowest BCUT2D eigenvalue weighted by molar-refractivity contribution is -0.299. The van der Waals surface area contributed by atoms with Crippen LogP contribution in [0.25, 0.3) is 0 Å². The van der Waals surface area contributed by atoms with E-state index in [9.17, 15) is 35.1 Å². The van der Waals surface area contributed by atoms with Gasteiger partial charge >= 0.3 is 0 Å². The molecule has 0 aromatic heterocycles. The number of ether oxygens (including phenoxy) is 1. The number of Topliss-reactive ketones (excluding diaryl/α,β-unsaturated/α-hetero) is 2. The van der Waals surface area contributed by atoms with E-state index in [2.05, 4.69) is 4.74 Å². The van der Waals surface area contributed by atoms with E-state index in [1.807, 2.05) is 0 Å². The number of fused-ring (bicyclic) bond motifs is 2. The first-order valence-electron chi connectivity index (χ1n) is 4.97. The average molecular weight is 248 g/mol. The zero-order valence-corrected chi connectivity index (χ0v) is 8.55. The largest absolute Gasteiger partial charge is 0.386 e. The van der Waals surface area contributed by atoms with Crippen LogP contribution < -0.4 is 0 Å². The van der Waals surface area contributed by atoms with E-state index < -0.39 is 54.3 Å². The normalized spacial score (nSPS) is 51.2. The summed E-state index contributed by atoms with van der Waals surface area (Å²) < 4.78 is 4.59. The van der Waals surface area contributed by atoms with Crippen LogP contribution in [0.5, 0.6) is 0 Å². The summed E-state index contributed by atoms with van der Waals surface area (Å²) in [7, 11) is 0. The molecule has 1 aliphatic carbocycles. The Morgan fingerprint density at radius 2 is 1.71 bits per heavy atom. The Morgan fingerprint density at radius 3 is 2.29 bits per heavy atom. The fourth-order valence-corrected chi connectivity index (χ4v) is 2.10. The molecule has 2 aliphatic rings. The van der Waals surface area contributed by atoms with Gasteiger partial charge in [-0.15, -0.1) is 0 Å². The minimum atomic E-state index is -2.71. The number of hydrogen-bond donors (Lipinski definition) is 5. The number of hydrogen-bond acceptors (Lipinski definition) is 8. The third-order valence-electron chi connectivity index (χ3n) is 3.18. The molecule has 96 valence electrons. The van der Waals surface area contributed by atoms with Crippen molar-refractivity contribution in [1.82, 2.24) is 0 Å². The van der Waals surface area contributed by atoms with Crippen molar-refractivity contribution < 1.29 is 39.9 Å². The Balaban J connectivity index is 2.51. The van der Waals surface area contributed by atoms with E-state index >= 15 is 0 Å². The van der Waals surface area contributed by atoms with Gasteiger partial charge < -0.3 is 30.3 Å². The maximum Gasteiger partial charge on any atom is 0.193 e. The lowest BCUT2D eigenvalue weighted by atomic mass is 9.81. The van der Waals surface area contributed by atoms with E-state index in [4.69, 9.17) is 0 Å². The molecule has 1 saturated heterocycles. The number of carbonyl (C=O) groups is 2. The highest BCUT2D eigenvalue weighted by molar-refractivity contribution is 6.00. The monoisotopic (exact) mass is 248 g/mol. The van der Waals surface area contributed by atoms with Gasteiger partial charge in [-0.25, -0.2) is 0 Å². The molecule has 0 spiro atoms. The number of aliphatic hydroxyl groups is 5. The van der Waals surface area contributed by atoms with E-state index in [1.165, 1.54) is 0 Å². The molecule has 8 heteroatoms. The lowest BCUT2D eigenvalue weighted by Gasteiger charge is -2.43. The Labute approximate surface area is 95.1 Å². The van der Waals surface area contributed by atoms with Gasteiger partial charge in [-0.1, -0.05) is 0 Å². The molecule has 1 aliphatic heterocycles. The molecule has 8 nitrogen and oxygen atoms in total. The first kappa shape index (κ1) is 12.6. The molecule has 0 aromatic rings. The first-order chi connectivity index (χ1) is 7.80. The first-order valence-corrected chi connectivity index (χ1v) is 4.97. The minimum absolute atomic E-state index is 0.754. The van der Waals surface area contributed by atoms with Crippen molar-refractivity contribution in [3.05, 3.63) is 0 Å². The molecule has 0 radical (unpaired) electrons. The molecule has 6 atom stereocenters. The van der Waals surface area contributed by atoms with Gasteiger partial charge in [-0.05, 0) is 0 Å². The molecule has 0 amide bonds. The summed E-state index contributed by atoms with van der Waals surface area (Å²) in [5.74, 6) is -2.14. The van der Waals surface area contributed by atoms with Crippen LogP contribution in [-0.4, -0.2) is 73.4 Å². The highest BCUT2D eigenvalue weighted by Crippen LogP contribution is 2.34. The summed E-state index contributed by atoms with van der Waals surface area (Å²) in [5, 5.41) is 47.7. The molecular formula is C9H12O8. The van der Waals surface area contributed by atoms with Crippen LogP contribution in [0.4, 0.5) is 0 Å². The SMILES string of the molecule is O=C1C(O)CC(=O)[C@]2(O)[C@H](O)[C@@H]1OC(O)[C@@H]2O. The van der Waals surface area contributed by atoms with Crippen LogP contribution >= 0.6 is 0 Å². The number of carbonyl (C=O) groups excluding carboxylic acids is 2. The molecule has 2 unspecified atom stereocenters. The summed E-state index contributed by atoms with van der Waals surface area (Å²) in [6, 6.07) is 0. The van der Waals surface area contributed by atoms with Crippen molar-refractivity contribution in [2.24, 2.45) is 0 Å². The predicted molar refractivity (Wildman–Crippen MR) is 48.5 cm³/mol. The molecule has 2 bridgehead atoms. The van der Waals surface area contributed by atoms with Gasteiger partial charge in [-0.2, -0.15) is 0 Å². The van der Waals surface area contributed by atoms with Gasteiger partial charge in [0.1, 0.15) is 18.3 Å². The van der Waals surface area contributed by atoms with Crippen LogP contribution in [0.15, 0.2) is 0 Å². The Morgan fingerprint density at radius 1 is 1.12 bits per heavy atom. The Bertz CT molecular complexity index is 368. The van der Waals surface area contributed by atoms with Gasteiger partial charge in [0.15, 0.2) is 29.6 Å². The van der Waals surface area contributed by atoms with Crippen molar-refractivity contribution in [2.75, 3.05) is 0 Å². The zero-order chi connectivity index (χ0) is 13.0. The third kappa shape index (κ3) is 1.53. The lowest BCUT2D eigenvalue weighted by Crippen LogP contribution is -2.69. The summed E-state index contributed by atoms with van der Waals surface area (Å²) in [6.07, 6.45) is -10.4. The molecule has 17 heavy (non-hydrogen) atoms. The number of rotatable bonds is 0. The Kier molecular flexibility index (Phi) is 2.81. The van der Waals surface area contributed by atoms with Crippen LogP contribution in [0.2, 0.25) is 0 Å². The van der Waals surface area contributed by atoms with Crippen molar-refractivity contribution in [3.8, 4) is 0 Å². The summed E-state index contributed by atoms with van der Waals surface area (Å²) >= 11 is 0. The molecular weight excluding hydrogens is 236 g/mol. The van der Waals surface area contributed by atoms with E-state index in [1.54, 1.807) is 0 Å². The van der Waals surface area contributed by atoms with Crippen LogP contribution in [-0.2, 0) is 14.3 Å². The van der Waals surface area contributed by atoms with Crippen molar-refractivity contribution in [1.29, 1.82) is 0 Å². The summed E-state index contributed by atoms with van der Waals surface area (Å²) in [5.41, 5.74) is -2.71. The quantitative estimate of drug-likeness (QED) is 0.292. The van der Waals surface area contributed by atoms with Gasteiger partial charge in [0.2, 0.25) is 0 Å². The maximum atomic E-state index is 11.6. The molecule has 5 N–H and O–H groups in total. The predicted octanol–water partition coefficient (Wildman–Crippen LogP) is -3.94. The highest BCUT2D eigenvalue weighted by atomic mass is 16.6. The van der Waals surface area contributed by atoms with Crippen LogP contribution in [0.3, 0.4) is 0 Å². The molecule has 0 aromatic carbocycles. The van der Waals surface area contributed by atoms with E-state index in [0.717, 1.165) is 0 Å². The zero-order valence-electron chi connectivity index (χ0n) is 8.55. The Hall–Kier alpha value is -0.900. The van der Waals surface area contributed by atoms with E-state index in [0.29, 0.717) is 0 Å². The smallest absolute Gasteiger partial charge is 0.193 e. The van der Waals surface area contributed by atoms with Gasteiger partial charge in [0.05, 0.1) is 0 Å². The van der Waals surface area contributed by atoms with Crippen molar-refractivity contribution in [2.45, 2.75) is 42.7 Å². The number of ketones is 2. The molecule has 1 saturated carbocycles. The maximum absolute atomic E-state index is 11.6. The minimum Gasteiger partial charge on any atom is -0.386 e. The van der Waals surface area contributed by atoms with Gasteiger partial charge in [0.25, 0.3) is 0 Å². The standard InChI is InChI=1S/C9H12O8/c10-2-1-3(11)9(16)6(13)5(4(2)12)17-8(15)7(9)14/h2,5-8,10,13-16H,1H2/t2?,5-,6-,7+,8?,9+/m1/s1. The second-order valence-corrected chi connectivity index (χ2v) is 4.21. The highest BCUT2D eigenvalue weighted by Gasteiger charge is 2.63. The molecule has 2 rings (SSSR count). The average Bonchev–Trinajstić information content (AvgIpc) is 2.32. The fourth-order valence-electron chi connectivity index (χ4n) is 2.10. The van der Waals surface area contributed by atoms with Crippen LogP contribution in [0.1, 0.15) is 6.42 Å². The van der Waals surface area contributed by atoms with Crippen molar-refractivity contribution in [3.63, 3.8) is 0 Å². The second-order valence-electron chi connectivity index (χ2n) is 4.21. The van der Waals surface area contributed by atoms with Gasteiger partial charge in [-0.3, -0.25) is 9.59 Å². The molecule has 2 fully saturated rings. The third-order valence-corrected chi connectivity index (χ3v) is 3.18. The van der Waals surface area contributed by atoms with Crippen molar-refractivity contribution >= 4 is 11.6 Å². The van der Waals surface area contributed by atoms with E-state index in [-0.39, 0.29) is 0 Å². The summed E-state index contributed by atoms with van der Waals surface area (Å²) in [6.45, 7) is 0. The fraction of sp³-hybridized carbons (Fsp3) is 0.778. The summed E-state index contributed by atoms with van der Waals surface area (Å²) in [4.78, 5) is 23.1. The molecule has 1 heterocycles.